The standard InChI is InChI=1S/C11H17N3O6/c1-5-8(13-14-12)9(19-6(2)15)10(17-4)11(18-5)20-7(3)16/h5,8-11H,1-4H3/t5-,8-,9+,10-,11+/m1/s1. The molecule has 0 bridgehead atoms. The van der Waals surface area contributed by atoms with Crippen molar-refractivity contribution in [3.8, 4) is 0 Å². The zero-order valence-corrected chi connectivity index (χ0v) is 11.7. The van der Waals surface area contributed by atoms with Crippen LogP contribution in [0.1, 0.15) is 20.8 Å². The van der Waals surface area contributed by atoms with Crippen molar-refractivity contribution in [2.45, 2.75) is 51.4 Å². The molecule has 0 aromatic carbocycles. The number of esters is 2. The monoisotopic (exact) mass is 287 g/mol. The van der Waals surface area contributed by atoms with Crippen LogP contribution in [-0.4, -0.2) is 49.7 Å². The van der Waals surface area contributed by atoms with Crippen molar-refractivity contribution in [1.29, 1.82) is 0 Å². The Morgan fingerprint density at radius 3 is 2.25 bits per heavy atom. The highest BCUT2D eigenvalue weighted by molar-refractivity contribution is 5.67. The van der Waals surface area contributed by atoms with Gasteiger partial charge in [-0.2, -0.15) is 0 Å². The van der Waals surface area contributed by atoms with E-state index in [0.717, 1.165) is 0 Å². The number of ether oxygens (including phenoxy) is 4. The quantitative estimate of drug-likeness (QED) is 0.328. The minimum atomic E-state index is -1.04. The molecule has 0 spiro atoms. The lowest BCUT2D eigenvalue weighted by atomic mass is 9.97. The second-order valence-corrected chi connectivity index (χ2v) is 4.29. The van der Waals surface area contributed by atoms with Crippen molar-refractivity contribution < 1.29 is 28.5 Å². The summed E-state index contributed by atoms with van der Waals surface area (Å²) in [6.45, 7) is 4.07. The Balaban J connectivity index is 3.05. The number of nitrogens with zero attached hydrogens (tertiary/aromatic N) is 3. The van der Waals surface area contributed by atoms with Crippen LogP contribution in [0.3, 0.4) is 0 Å². The molecule has 1 heterocycles. The molecule has 1 saturated heterocycles. The zero-order valence-electron chi connectivity index (χ0n) is 11.7. The summed E-state index contributed by atoms with van der Waals surface area (Å²) in [5, 5.41) is 3.57. The lowest BCUT2D eigenvalue weighted by Gasteiger charge is -2.42. The van der Waals surface area contributed by atoms with E-state index in [1.165, 1.54) is 21.0 Å². The Hall–Kier alpha value is -1.83. The minimum absolute atomic E-state index is 0.562. The van der Waals surface area contributed by atoms with Crippen molar-refractivity contribution >= 4 is 11.9 Å². The number of carbonyl (C=O) groups excluding carboxylic acids is 2. The Labute approximate surface area is 115 Å². The van der Waals surface area contributed by atoms with E-state index in [4.69, 9.17) is 24.5 Å². The Morgan fingerprint density at radius 1 is 1.20 bits per heavy atom. The van der Waals surface area contributed by atoms with Gasteiger partial charge in [-0.3, -0.25) is 9.59 Å². The topological polar surface area (TPSA) is 120 Å². The molecule has 20 heavy (non-hydrogen) atoms. The molecule has 0 unspecified atom stereocenters. The van der Waals surface area contributed by atoms with Gasteiger partial charge in [-0.15, -0.1) is 0 Å². The van der Waals surface area contributed by atoms with Crippen molar-refractivity contribution in [1.82, 2.24) is 0 Å². The third kappa shape index (κ3) is 3.83. The molecule has 1 aliphatic rings. The fourth-order valence-electron chi connectivity index (χ4n) is 2.04. The van der Waals surface area contributed by atoms with E-state index in [1.807, 2.05) is 0 Å². The van der Waals surface area contributed by atoms with Gasteiger partial charge in [-0.05, 0) is 12.5 Å². The van der Waals surface area contributed by atoms with E-state index < -0.39 is 42.6 Å². The number of methoxy groups -OCH3 is 1. The van der Waals surface area contributed by atoms with Crippen LogP contribution in [0.5, 0.6) is 0 Å². The molecule has 0 N–H and O–H groups in total. The van der Waals surface area contributed by atoms with Crippen LogP contribution in [0.25, 0.3) is 10.4 Å². The fraction of sp³-hybridized carbons (Fsp3) is 0.818. The van der Waals surface area contributed by atoms with Gasteiger partial charge in [0, 0.05) is 25.9 Å². The molecule has 0 radical (unpaired) electrons. The number of rotatable bonds is 4. The second-order valence-electron chi connectivity index (χ2n) is 4.29. The Kier molecular flexibility index (Phi) is 5.75. The highest BCUT2D eigenvalue weighted by Gasteiger charge is 2.48. The molecule has 0 aliphatic carbocycles. The summed E-state index contributed by atoms with van der Waals surface area (Å²) < 4.78 is 20.8. The van der Waals surface area contributed by atoms with Crippen molar-refractivity contribution in [2.24, 2.45) is 5.11 Å². The fourth-order valence-corrected chi connectivity index (χ4v) is 2.04. The molecule has 9 heteroatoms. The summed E-state index contributed by atoms with van der Waals surface area (Å²) in [4.78, 5) is 25.0. The molecule has 9 nitrogen and oxygen atoms in total. The van der Waals surface area contributed by atoms with Crippen molar-refractivity contribution in [3.05, 3.63) is 10.4 Å². The largest absolute Gasteiger partial charge is 0.459 e. The first-order valence-electron chi connectivity index (χ1n) is 5.97. The van der Waals surface area contributed by atoms with E-state index in [0.29, 0.717) is 0 Å². The normalized spacial score (nSPS) is 32.9. The summed E-state index contributed by atoms with van der Waals surface area (Å²) in [6, 6.07) is -0.777. The molecule has 0 saturated carbocycles. The van der Waals surface area contributed by atoms with E-state index >= 15 is 0 Å². The minimum Gasteiger partial charge on any atom is -0.459 e. The van der Waals surface area contributed by atoms with Gasteiger partial charge in [-0.1, -0.05) is 5.11 Å². The van der Waals surface area contributed by atoms with Crippen LogP contribution in [0.2, 0.25) is 0 Å². The second kappa shape index (κ2) is 7.09. The van der Waals surface area contributed by atoms with Crippen LogP contribution in [0.4, 0.5) is 0 Å². The summed E-state index contributed by atoms with van der Waals surface area (Å²) in [6.07, 6.45) is -3.43. The third-order valence-corrected chi connectivity index (χ3v) is 2.80. The Morgan fingerprint density at radius 2 is 1.80 bits per heavy atom. The average Bonchev–Trinajstić information content (AvgIpc) is 2.33. The molecule has 1 fully saturated rings. The van der Waals surface area contributed by atoms with Crippen molar-refractivity contribution in [3.63, 3.8) is 0 Å². The first-order valence-corrected chi connectivity index (χ1v) is 5.97. The van der Waals surface area contributed by atoms with Gasteiger partial charge in [-0.25, -0.2) is 0 Å². The molecule has 0 amide bonds. The highest BCUT2D eigenvalue weighted by atomic mass is 16.7. The zero-order chi connectivity index (χ0) is 15.3. The van der Waals surface area contributed by atoms with Gasteiger partial charge < -0.3 is 18.9 Å². The summed E-state index contributed by atoms with van der Waals surface area (Å²) in [7, 11) is 1.35. The third-order valence-electron chi connectivity index (χ3n) is 2.80. The maximum Gasteiger partial charge on any atom is 0.305 e. The van der Waals surface area contributed by atoms with Crippen molar-refractivity contribution in [2.75, 3.05) is 7.11 Å². The van der Waals surface area contributed by atoms with E-state index in [9.17, 15) is 9.59 Å². The van der Waals surface area contributed by atoms with Gasteiger partial charge >= 0.3 is 11.9 Å². The van der Waals surface area contributed by atoms with E-state index in [1.54, 1.807) is 6.92 Å². The average molecular weight is 287 g/mol. The molecule has 112 valence electrons. The van der Waals surface area contributed by atoms with Crippen LogP contribution in [0, 0.1) is 0 Å². The molecule has 1 aliphatic heterocycles. The number of azide groups is 1. The van der Waals surface area contributed by atoms with Gasteiger partial charge in [0.25, 0.3) is 0 Å². The van der Waals surface area contributed by atoms with E-state index in [-0.39, 0.29) is 0 Å². The first-order chi connectivity index (χ1) is 9.40. The molecule has 0 aromatic rings. The van der Waals surface area contributed by atoms with Crippen LogP contribution >= 0.6 is 0 Å². The first kappa shape index (κ1) is 16.2. The smallest absolute Gasteiger partial charge is 0.305 e. The number of carbonyl (C=O) groups is 2. The maximum atomic E-state index is 11.2. The predicted molar refractivity (Wildman–Crippen MR) is 65.4 cm³/mol. The lowest BCUT2D eigenvalue weighted by molar-refractivity contribution is -0.268. The molecule has 5 atom stereocenters. The van der Waals surface area contributed by atoms with Gasteiger partial charge in [0.05, 0.1) is 6.10 Å². The SMILES string of the molecule is CO[C@H]1[C@H](OC(C)=O)O[C@H](C)[C@@H](N=[N+]=[N-])[C@@H]1OC(C)=O. The predicted octanol–water partition coefficient (Wildman–Crippen LogP) is 0.920. The van der Waals surface area contributed by atoms with Gasteiger partial charge in [0.2, 0.25) is 6.29 Å². The highest BCUT2D eigenvalue weighted by Crippen LogP contribution is 2.28. The van der Waals surface area contributed by atoms with Crippen LogP contribution < -0.4 is 0 Å². The summed E-state index contributed by atoms with van der Waals surface area (Å²) >= 11 is 0. The van der Waals surface area contributed by atoms with Crippen LogP contribution in [-0.2, 0) is 28.5 Å². The Bertz CT molecular complexity index is 422. The van der Waals surface area contributed by atoms with Gasteiger partial charge in [0.1, 0.15) is 12.1 Å². The molecule has 0 aromatic heterocycles. The van der Waals surface area contributed by atoms with E-state index in [2.05, 4.69) is 10.0 Å². The van der Waals surface area contributed by atoms with Crippen LogP contribution in [0.15, 0.2) is 5.11 Å². The number of hydrogen-bond acceptors (Lipinski definition) is 7. The maximum absolute atomic E-state index is 11.2. The molecular formula is C11H17N3O6. The summed E-state index contributed by atoms with van der Waals surface area (Å²) in [5.41, 5.74) is 8.59. The molecular weight excluding hydrogens is 270 g/mol. The number of hydrogen-bond donors (Lipinski definition) is 0. The van der Waals surface area contributed by atoms with Gasteiger partial charge in [0.15, 0.2) is 6.10 Å². The summed E-state index contributed by atoms with van der Waals surface area (Å²) in [5.74, 6) is -1.13. The lowest BCUT2D eigenvalue weighted by Crippen LogP contribution is -2.59. The molecule has 1 rings (SSSR count).